The third-order valence-corrected chi connectivity index (χ3v) is 5.08. The number of benzene rings is 2. The van der Waals surface area contributed by atoms with Crippen molar-refractivity contribution >= 4 is 5.96 Å². The van der Waals surface area contributed by atoms with Crippen LogP contribution in [0.1, 0.15) is 25.0 Å². The average molecular weight is 429 g/mol. The van der Waals surface area contributed by atoms with Gasteiger partial charge in [0.15, 0.2) is 5.96 Å². The maximum absolute atomic E-state index is 13.0. The van der Waals surface area contributed by atoms with E-state index in [9.17, 15) is 4.39 Å². The van der Waals surface area contributed by atoms with E-state index in [4.69, 9.17) is 14.5 Å². The van der Waals surface area contributed by atoms with E-state index in [-0.39, 0.29) is 11.9 Å². The molecule has 0 saturated carbocycles. The van der Waals surface area contributed by atoms with Crippen molar-refractivity contribution in [1.82, 2.24) is 15.5 Å². The van der Waals surface area contributed by atoms with Gasteiger partial charge in [-0.3, -0.25) is 4.90 Å². The quantitative estimate of drug-likeness (QED) is 0.475. The van der Waals surface area contributed by atoms with E-state index in [1.807, 2.05) is 13.8 Å². The molecule has 2 aromatic carbocycles. The molecule has 1 fully saturated rings. The molecule has 0 aliphatic carbocycles. The molecule has 1 aliphatic heterocycles. The summed E-state index contributed by atoms with van der Waals surface area (Å²) < 4.78 is 24.3. The Labute approximate surface area is 184 Å². The van der Waals surface area contributed by atoms with Crippen LogP contribution in [0.25, 0.3) is 0 Å². The lowest BCUT2D eigenvalue weighted by Gasteiger charge is -2.27. The lowest BCUT2D eigenvalue weighted by Crippen LogP contribution is -2.41. The predicted molar refractivity (Wildman–Crippen MR) is 122 cm³/mol. The molecule has 7 heteroatoms. The predicted octanol–water partition coefficient (Wildman–Crippen LogP) is 3.18. The zero-order chi connectivity index (χ0) is 21.9. The second kappa shape index (κ2) is 12.3. The van der Waals surface area contributed by atoms with E-state index < -0.39 is 0 Å². The van der Waals surface area contributed by atoms with E-state index >= 15 is 0 Å². The molecular weight excluding hydrogens is 395 g/mol. The van der Waals surface area contributed by atoms with Crippen molar-refractivity contribution in [2.24, 2.45) is 4.99 Å². The monoisotopic (exact) mass is 428 g/mol. The van der Waals surface area contributed by atoms with Crippen molar-refractivity contribution in [3.63, 3.8) is 0 Å². The van der Waals surface area contributed by atoms with E-state index in [0.717, 1.165) is 45.4 Å². The molecule has 1 heterocycles. The van der Waals surface area contributed by atoms with Crippen LogP contribution in [0.2, 0.25) is 0 Å². The fourth-order valence-electron chi connectivity index (χ4n) is 3.40. The lowest BCUT2D eigenvalue weighted by molar-refractivity contribution is 0.0341. The number of morpholine rings is 1. The number of hydrogen-bond acceptors (Lipinski definition) is 4. The number of aliphatic imine (C=N–C) groups is 1. The summed E-state index contributed by atoms with van der Waals surface area (Å²) in [7, 11) is 0. The lowest BCUT2D eigenvalue weighted by atomic mass is 10.1. The standard InChI is InChI=1S/C24H33FN4O2/c1-3-26-24(27-16-19(2)31-23-10-8-22(25)9-11-23)28-17-20-6-4-5-7-21(20)18-29-12-14-30-15-13-29/h4-11,19H,3,12-18H2,1-2H3,(H2,26,27,28). The highest BCUT2D eigenvalue weighted by Crippen LogP contribution is 2.15. The van der Waals surface area contributed by atoms with Gasteiger partial charge in [-0.15, -0.1) is 0 Å². The Morgan fingerprint density at radius 2 is 1.81 bits per heavy atom. The zero-order valence-electron chi connectivity index (χ0n) is 18.4. The highest BCUT2D eigenvalue weighted by Gasteiger charge is 2.13. The first kappa shape index (κ1) is 23.0. The number of ether oxygens (including phenoxy) is 2. The molecule has 2 aromatic rings. The number of nitrogens with one attached hydrogen (secondary N) is 2. The minimum absolute atomic E-state index is 0.0945. The molecule has 0 amide bonds. The van der Waals surface area contributed by atoms with Crippen molar-refractivity contribution in [2.75, 3.05) is 39.4 Å². The molecule has 168 valence electrons. The molecule has 1 saturated heterocycles. The molecule has 0 spiro atoms. The van der Waals surface area contributed by atoms with Crippen LogP contribution in [0.5, 0.6) is 5.75 Å². The average Bonchev–Trinajstić information content (AvgIpc) is 2.79. The van der Waals surface area contributed by atoms with Gasteiger partial charge in [0, 0.05) is 26.2 Å². The summed E-state index contributed by atoms with van der Waals surface area (Å²) >= 11 is 0. The van der Waals surface area contributed by atoms with Gasteiger partial charge in [-0.25, -0.2) is 9.38 Å². The first-order chi connectivity index (χ1) is 15.1. The molecule has 0 radical (unpaired) electrons. The fraction of sp³-hybridized carbons (Fsp3) is 0.458. The summed E-state index contributed by atoms with van der Waals surface area (Å²) in [6.07, 6.45) is -0.0945. The summed E-state index contributed by atoms with van der Waals surface area (Å²) in [5.74, 6) is 1.13. The minimum atomic E-state index is -0.270. The van der Waals surface area contributed by atoms with E-state index in [1.54, 1.807) is 12.1 Å². The zero-order valence-corrected chi connectivity index (χ0v) is 18.4. The Kier molecular flexibility index (Phi) is 9.12. The third-order valence-electron chi connectivity index (χ3n) is 5.08. The molecule has 3 rings (SSSR count). The summed E-state index contributed by atoms with van der Waals surface area (Å²) in [5.41, 5.74) is 2.53. The van der Waals surface area contributed by atoms with Crippen molar-refractivity contribution in [3.05, 3.63) is 65.5 Å². The van der Waals surface area contributed by atoms with Crippen LogP contribution >= 0.6 is 0 Å². The van der Waals surface area contributed by atoms with Crippen molar-refractivity contribution in [3.8, 4) is 5.75 Å². The van der Waals surface area contributed by atoms with Gasteiger partial charge >= 0.3 is 0 Å². The molecule has 0 aromatic heterocycles. The molecule has 2 N–H and O–H groups in total. The van der Waals surface area contributed by atoms with Gasteiger partial charge in [-0.2, -0.15) is 0 Å². The topological polar surface area (TPSA) is 58.1 Å². The van der Waals surface area contributed by atoms with Gasteiger partial charge in [0.25, 0.3) is 0 Å². The smallest absolute Gasteiger partial charge is 0.191 e. The van der Waals surface area contributed by atoms with Crippen LogP contribution in [-0.4, -0.2) is 56.4 Å². The number of rotatable bonds is 9. The van der Waals surface area contributed by atoms with Crippen LogP contribution < -0.4 is 15.4 Å². The summed E-state index contributed by atoms with van der Waals surface area (Å²) in [4.78, 5) is 7.19. The van der Waals surface area contributed by atoms with Crippen molar-refractivity contribution in [1.29, 1.82) is 0 Å². The van der Waals surface area contributed by atoms with Crippen LogP contribution in [-0.2, 0) is 17.8 Å². The maximum Gasteiger partial charge on any atom is 0.191 e. The number of hydrogen-bond donors (Lipinski definition) is 2. The van der Waals surface area contributed by atoms with E-state index in [1.165, 1.54) is 23.3 Å². The van der Waals surface area contributed by atoms with Crippen LogP contribution in [0.4, 0.5) is 4.39 Å². The Hall–Kier alpha value is -2.64. The Bertz CT molecular complexity index is 823. The molecular formula is C24H33FN4O2. The number of guanidine groups is 1. The summed E-state index contributed by atoms with van der Waals surface area (Å²) in [6, 6.07) is 14.5. The second-order valence-corrected chi connectivity index (χ2v) is 7.62. The highest BCUT2D eigenvalue weighted by molar-refractivity contribution is 5.79. The van der Waals surface area contributed by atoms with Gasteiger partial charge in [0.1, 0.15) is 17.7 Å². The molecule has 1 atom stereocenters. The number of nitrogens with zero attached hydrogens (tertiary/aromatic N) is 2. The van der Waals surface area contributed by atoms with E-state index in [2.05, 4.69) is 39.8 Å². The van der Waals surface area contributed by atoms with E-state index in [0.29, 0.717) is 18.8 Å². The Morgan fingerprint density at radius 3 is 2.52 bits per heavy atom. The second-order valence-electron chi connectivity index (χ2n) is 7.62. The van der Waals surface area contributed by atoms with Crippen LogP contribution in [0.15, 0.2) is 53.5 Å². The van der Waals surface area contributed by atoms with Gasteiger partial charge in [-0.05, 0) is 49.2 Å². The summed E-state index contributed by atoms with van der Waals surface area (Å²) in [6.45, 7) is 10.4. The maximum atomic E-state index is 13.0. The largest absolute Gasteiger partial charge is 0.489 e. The van der Waals surface area contributed by atoms with Crippen molar-refractivity contribution in [2.45, 2.75) is 33.0 Å². The summed E-state index contributed by atoms with van der Waals surface area (Å²) in [5, 5.41) is 6.62. The first-order valence-electron chi connectivity index (χ1n) is 11.0. The Balaban J connectivity index is 1.55. The normalized spacial score (nSPS) is 16.0. The fourth-order valence-corrected chi connectivity index (χ4v) is 3.40. The van der Waals surface area contributed by atoms with Gasteiger partial charge < -0.3 is 20.1 Å². The van der Waals surface area contributed by atoms with Gasteiger partial charge in [0.2, 0.25) is 0 Å². The molecule has 6 nitrogen and oxygen atoms in total. The minimum Gasteiger partial charge on any atom is -0.489 e. The SMILES string of the molecule is CCNC(=NCc1ccccc1CN1CCOCC1)NCC(C)Oc1ccc(F)cc1. The van der Waals surface area contributed by atoms with Crippen LogP contribution in [0.3, 0.4) is 0 Å². The van der Waals surface area contributed by atoms with Crippen LogP contribution in [0, 0.1) is 5.82 Å². The number of halogens is 1. The first-order valence-corrected chi connectivity index (χ1v) is 11.0. The van der Waals surface area contributed by atoms with Gasteiger partial charge in [0.05, 0.1) is 26.3 Å². The third kappa shape index (κ3) is 7.84. The highest BCUT2D eigenvalue weighted by atomic mass is 19.1. The molecule has 31 heavy (non-hydrogen) atoms. The van der Waals surface area contributed by atoms with Gasteiger partial charge in [-0.1, -0.05) is 24.3 Å². The Morgan fingerprint density at radius 1 is 1.10 bits per heavy atom. The molecule has 0 bridgehead atoms. The molecule has 1 unspecified atom stereocenters. The van der Waals surface area contributed by atoms with Crippen molar-refractivity contribution < 1.29 is 13.9 Å². The molecule has 1 aliphatic rings.